The molecule has 0 atom stereocenters. The Morgan fingerprint density at radius 3 is 2.46 bits per heavy atom. The van der Waals surface area contributed by atoms with Crippen molar-refractivity contribution in [2.24, 2.45) is 5.92 Å². The lowest BCUT2D eigenvalue weighted by Crippen LogP contribution is -2.46. The van der Waals surface area contributed by atoms with Gasteiger partial charge in [0.15, 0.2) is 0 Å². The number of hydrogen-bond donors (Lipinski definition) is 1. The van der Waals surface area contributed by atoms with E-state index in [1.54, 1.807) is 0 Å². The minimum atomic E-state index is 0.670. The third-order valence-corrected chi connectivity index (χ3v) is 3.35. The molecular weight excluding hydrogens is 162 g/mol. The number of hydrogen-bond acceptors (Lipinski definition) is 2. The molecule has 1 aliphatic carbocycles. The third-order valence-electron chi connectivity index (χ3n) is 3.35. The van der Waals surface area contributed by atoms with Crippen LogP contribution in [0.1, 0.15) is 38.5 Å². The summed E-state index contributed by atoms with van der Waals surface area (Å²) in [5.41, 5.74) is 0. The number of ether oxygens (including phenoxy) is 1. The molecule has 76 valence electrons. The second-order valence-electron chi connectivity index (χ2n) is 4.48. The number of rotatable bonds is 4. The summed E-state index contributed by atoms with van der Waals surface area (Å²) in [7, 11) is 0. The maximum Gasteiger partial charge on any atom is 0.0643 e. The van der Waals surface area contributed by atoms with Gasteiger partial charge in [-0.1, -0.05) is 32.1 Å². The molecule has 0 unspecified atom stereocenters. The lowest BCUT2D eigenvalue weighted by molar-refractivity contribution is -0.00549. The standard InChI is InChI=1S/C11H21NO/c1-2-4-10(5-3-1)6-7-12-11-8-13-9-11/h10-12H,1-9H2. The molecule has 0 bridgehead atoms. The molecule has 1 saturated heterocycles. The van der Waals surface area contributed by atoms with Gasteiger partial charge in [-0.05, 0) is 18.9 Å². The minimum Gasteiger partial charge on any atom is -0.378 e. The van der Waals surface area contributed by atoms with Gasteiger partial charge in [0.1, 0.15) is 0 Å². The Labute approximate surface area is 81.0 Å². The van der Waals surface area contributed by atoms with E-state index < -0.39 is 0 Å². The highest BCUT2D eigenvalue weighted by Gasteiger charge is 2.18. The van der Waals surface area contributed by atoms with Gasteiger partial charge < -0.3 is 10.1 Å². The van der Waals surface area contributed by atoms with Crippen molar-refractivity contribution in [3.63, 3.8) is 0 Å². The second-order valence-corrected chi connectivity index (χ2v) is 4.48. The summed E-state index contributed by atoms with van der Waals surface area (Å²) in [6, 6.07) is 0.670. The van der Waals surface area contributed by atoms with Gasteiger partial charge in [0.2, 0.25) is 0 Å². The summed E-state index contributed by atoms with van der Waals surface area (Å²) < 4.78 is 5.11. The van der Waals surface area contributed by atoms with Gasteiger partial charge in [-0.25, -0.2) is 0 Å². The fourth-order valence-corrected chi connectivity index (χ4v) is 2.32. The molecule has 0 spiro atoms. The van der Waals surface area contributed by atoms with Crippen molar-refractivity contribution in [1.82, 2.24) is 5.32 Å². The third kappa shape index (κ3) is 2.96. The molecule has 2 aliphatic rings. The fraction of sp³-hybridized carbons (Fsp3) is 1.00. The van der Waals surface area contributed by atoms with E-state index in [1.807, 2.05) is 0 Å². The maximum atomic E-state index is 5.11. The van der Waals surface area contributed by atoms with Crippen molar-refractivity contribution >= 4 is 0 Å². The summed E-state index contributed by atoms with van der Waals surface area (Å²) in [5, 5.41) is 3.54. The first-order valence-electron chi connectivity index (χ1n) is 5.76. The van der Waals surface area contributed by atoms with Crippen LogP contribution in [-0.4, -0.2) is 25.8 Å². The van der Waals surface area contributed by atoms with E-state index in [0.29, 0.717) is 6.04 Å². The van der Waals surface area contributed by atoms with Crippen LogP contribution >= 0.6 is 0 Å². The van der Waals surface area contributed by atoms with E-state index in [2.05, 4.69) is 5.32 Å². The maximum absolute atomic E-state index is 5.11. The molecule has 13 heavy (non-hydrogen) atoms. The van der Waals surface area contributed by atoms with Crippen molar-refractivity contribution in [3.8, 4) is 0 Å². The fourth-order valence-electron chi connectivity index (χ4n) is 2.32. The quantitative estimate of drug-likeness (QED) is 0.719. The Morgan fingerprint density at radius 2 is 1.85 bits per heavy atom. The monoisotopic (exact) mass is 183 g/mol. The molecule has 1 aliphatic heterocycles. The minimum absolute atomic E-state index is 0.670. The lowest BCUT2D eigenvalue weighted by atomic mass is 9.87. The Hall–Kier alpha value is -0.0800. The van der Waals surface area contributed by atoms with Crippen LogP contribution in [0.15, 0.2) is 0 Å². The Kier molecular flexibility index (Phi) is 3.62. The predicted octanol–water partition coefficient (Wildman–Crippen LogP) is 1.95. The van der Waals surface area contributed by atoms with E-state index in [4.69, 9.17) is 4.74 Å². The van der Waals surface area contributed by atoms with Gasteiger partial charge >= 0.3 is 0 Å². The molecule has 1 saturated carbocycles. The predicted molar refractivity (Wildman–Crippen MR) is 53.8 cm³/mol. The molecule has 0 aromatic carbocycles. The van der Waals surface area contributed by atoms with E-state index in [1.165, 1.54) is 45.1 Å². The van der Waals surface area contributed by atoms with E-state index in [-0.39, 0.29) is 0 Å². The smallest absolute Gasteiger partial charge is 0.0643 e. The first kappa shape index (κ1) is 9.47. The summed E-state index contributed by atoms with van der Waals surface area (Å²) in [5.74, 6) is 1.02. The van der Waals surface area contributed by atoms with Crippen LogP contribution in [0.5, 0.6) is 0 Å². The molecule has 2 rings (SSSR count). The van der Waals surface area contributed by atoms with E-state index >= 15 is 0 Å². The number of nitrogens with one attached hydrogen (secondary N) is 1. The van der Waals surface area contributed by atoms with Crippen LogP contribution < -0.4 is 5.32 Å². The molecule has 0 radical (unpaired) electrons. The van der Waals surface area contributed by atoms with Crippen molar-refractivity contribution in [2.75, 3.05) is 19.8 Å². The first-order valence-corrected chi connectivity index (χ1v) is 5.76. The van der Waals surface area contributed by atoms with Crippen LogP contribution in [0.4, 0.5) is 0 Å². The van der Waals surface area contributed by atoms with Crippen molar-refractivity contribution in [3.05, 3.63) is 0 Å². The second kappa shape index (κ2) is 4.97. The molecule has 0 aromatic rings. The highest BCUT2D eigenvalue weighted by atomic mass is 16.5. The van der Waals surface area contributed by atoms with Crippen molar-refractivity contribution in [1.29, 1.82) is 0 Å². The van der Waals surface area contributed by atoms with Crippen LogP contribution in [0, 0.1) is 5.92 Å². The topological polar surface area (TPSA) is 21.3 Å². The molecule has 1 N–H and O–H groups in total. The van der Waals surface area contributed by atoms with Crippen LogP contribution in [0.25, 0.3) is 0 Å². The van der Waals surface area contributed by atoms with Gasteiger partial charge in [0.25, 0.3) is 0 Å². The average Bonchev–Trinajstić information content (AvgIpc) is 2.11. The van der Waals surface area contributed by atoms with E-state index in [0.717, 1.165) is 19.1 Å². The molecule has 2 fully saturated rings. The summed E-state index contributed by atoms with van der Waals surface area (Å²) >= 11 is 0. The van der Waals surface area contributed by atoms with E-state index in [9.17, 15) is 0 Å². The molecule has 2 nitrogen and oxygen atoms in total. The molecule has 1 heterocycles. The summed E-state index contributed by atoms with van der Waals surface area (Å²) in [4.78, 5) is 0. The van der Waals surface area contributed by atoms with Crippen LogP contribution in [0.2, 0.25) is 0 Å². The lowest BCUT2D eigenvalue weighted by Gasteiger charge is -2.28. The first-order chi connectivity index (χ1) is 6.45. The van der Waals surface area contributed by atoms with Crippen LogP contribution in [0.3, 0.4) is 0 Å². The van der Waals surface area contributed by atoms with Crippen LogP contribution in [-0.2, 0) is 4.74 Å². The summed E-state index contributed by atoms with van der Waals surface area (Å²) in [6.07, 6.45) is 8.75. The SMILES string of the molecule is C1CCC(CCNC2COC2)CC1. The molecule has 0 amide bonds. The Bertz CT molecular complexity index is 139. The van der Waals surface area contributed by atoms with Gasteiger partial charge in [0.05, 0.1) is 19.3 Å². The van der Waals surface area contributed by atoms with Gasteiger partial charge in [0, 0.05) is 0 Å². The van der Waals surface area contributed by atoms with Crippen molar-refractivity contribution < 1.29 is 4.74 Å². The van der Waals surface area contributed by atoms with Gasteiger partial charge in [-0.2, -0.15) is 0 Å². The van der Waals surface area contributed by atoms with Gasteiger partial charge in [-0.15, -0.1) is 0 Å². The summed E-state index contributed by atoms with van der Waals surface area (Å²) in [6.45, 7) is 3.08. The zero-order valence-corrected chi connectivity index (χ0v) is 8.43. The highest BCUT2D eigenvalue weighted by molar-refractivity contribution is 4.74. The largest absolute Gasteiger partial charge is 0.378 e. The highest BCUT2D eigenvalue weighted by Crippen LogP contribution is 2.25. The normalized spacial score (nSPS) is 25.8. The molecule has 2 heteroatoms. The zero-order valence-electron chi connectivity index (χ0n) is 8.43. The molecule has 0 aromatic heterocycles. The molecular formula is C11H21NO. The Balaban J connectivity index is 1.50. The average molecular weight is 183 g/mol. The van der Waals surface area contributed by atoms with Crippen molar-refractivity contribution in [2.45, 2.75) is 44.6 Å². The Morgan fingerprint density at radius 1 is 1.08 bits per heavy atom. The van der Waals surface area contributed by atoms with Gasteiger partial charge in [-0.3, -0.25) is 0 Å². The zero-order chi connectivity index (χ0) is 8.93.